The first-order valence-corrected chi connectivity index (χ1v) is 30.1. The highest BCUT2D eigenvalue weighted by atomic mass is 32.2. The summed E-state index contributed by atoms with van der Waals surface area (Å²) in [6.45, 7) is -17.2. The second-order valence-electron chi connectivity index (χ2n) is 20.2. The molecule has 0 N–H and O–H groups in total. The lowest BCUT2D eigenvalue weighted by Gasteiger charge is -2.28. The van der Waals surface area contributed by atoms with E-state index in [1.807, 2.05) is 0 Å². The van der Waals surface area contributed by atoms with Crippen LogP contribution in [0, 0.1) is 17.5 Å². The molecule has 2 aliphatic rings. The Morgan fingerprint density at radius 2 is 0.989 bits per heavy atom. The van der Waals surface area contributed by atoms with Crippen LogP contribution in [0.3, 0.4) is 0 Å². The quantitative estimate of drug-likeness (QED) is 0.0295. The fourth-order valence-electron chi connectivity index (χ4n) is 9.24. The van der Waals surface area contributed by atoms with Crippen molar-refractivity contribution in [1.82, 2.24) is 38.7 Å². The highest BCUT2D eigenvalue weighted by Crippen LogP contribution is 2.35. The van der Waals surface area contributed by atoms with Crippen LogP contribution in [-0.2, 0) is 85.0 Å². The number of aromatic nitrogens is 4. The van der Waals surface area contributed by atoms with Crippen molar-refractivity contribution in [2.75, 3.05) is 52.2 Å². The van der Waals surface area contributed by atoms with E-state index in [1.54, 1.807) is 0 Å². The Balaban J connectivity index is 0.000000300. The molecule has 2 aromatic heterocycles. The van der Waals surface area contributed by atoms with Crippen LogP contribution >= 0.6 is 23.5 Å². The van der Waals surface area contributed by atoms with Crippen LogP contribution in [0.5, 0.6) is 0 Å². The Bertz CT molecular complexity index is 5680. The van der Waals surface area contributed by atoms with Gasteiger partial charge in [-0.25, -0.2) is 8.78 Å². The lowest BCUT2D eigenvalue weighted by molar-refractivity contribution is -0.138. The smallest absolute Gasteiger partial charge is 0.336 e. The number of alkyl halides is 6. The fraction of sp³-hybridized carbons (Fsp3) is 0.370. The van der Waals surface area contributed by atoms with Gasteiger partial charge < -0.3 is 28.7 Å². The summed E-state index contributed by atoms with van der Waals surface area (Å²) in [5, 5.41) is -1.34. The van der Waals surface area contributed by atoms with Crippen LogP contribution in [0.2, 0.25) is 0 Å². The maximum atomic E-state index is 15.1. The maximum absolute atomic E-state index is 15.1. The van der Waals surface area contributed by atoms with Gasteiger partial charge in [0, 0.05) is 96.4 Å². The standard InChI is InChI=1S/C37H40F4N4O2S.C36H38F4N4O2S/c1-4-43(5-2)18-19-44(22-26-6-10-28(11-7-26)29-12-14-30(15-13-29)37(39,40)41)34(46)23-45-33-21-25(3)20-32(33)35(47)42-36(45)48-24-27-8-16-31(38)17-9-27;1-3-42(4-2)20-21-43(22-25-8-12-27(13-9-25)28-14-16-29(17-15-28)36(38,39)40)33(45)23-44-32-7-5-6-31(32)34(46)41-35(44)47-24-26-10-18-30(37)19-11-26/h6-17,25H,4-5,18-24H2,1-3H3;8-19H,3-7,20-24H2,1-2H3/i4D2,5D2,6D,7D,8D,9D,10D,11D,12D,13D,14D,15D,16D,17D,20D2,21D2,22D2,24D2,25D;3D2,4D2,22D2,24D2. The minimum absolute atomic E-state index is 0.0182. The van der Waals surface area contributed by atoms with E-state index < -0.39 is 278 Å². The van der Waals surface area contributed by atoms with Gasteiger partial charge in [0.25, 0.3) is 11.1 Å². The van der Waals surface area contributed by atoms with E-state index in [0.717, 1.165) is 61.8 Å². The number of likely N-dealkylation sites (N-methyl/N-ethyl adjacent to an activating group) is 2. The number of hydrogen-bond donors (Lipinski definition) is 0. The fourth-order valence-corrected chi connectivity index (χ4v) is 10.7. The second-order valence-corrected chi connectivity index (χ2v) is 21.8. The minimum atomic E-state index is -5.46. The molecule has 12 nitrogen and oxygen atoms in total. The second kappa shape index (κ2) is 32.7. The van der Waals surface area contributed by atoms with Crippen molar-refractivity contribution in [3.05, 3.63) is 234 Å². The molecule has 0 aliphatic heterocycles. The molecule has 8 aromatic rings. The third-order valence-electron chi connectivity index (χ3n) is 14.0. The molecule has 502 valence electrons. The number of carbonyl (C=O) groups is 2. The molecule has 0 saturated heterocycles. The Morgan fingerprint density at radius 3 is 1.51 bits per heavy atom. The van der Waals surface area contributed by atoms with Gasteiger partial charge in [0.05, 0.1) is 33.1 Å². The lowest BCUT2D eigenvalue weighted by atomic mass is 10.0. The molecule has 1 unspecified atom stereocenters. The van der Waals surface area contributed by atoms with Gasteiger partial charge in [0.1, 0.15) is 24.7 Å². The van der Waals surface area contributed by atoms with E-state index in [4.69, 9.17) is 39.8 Å². The predicted molar refractivity (Wildman–Crippen MR) is 358 cm³/mol. The zero-order valence-electron chi connectivity index (χ0n) is 83.8. The Labute approximate surface area is 603 Å². The summed E-state index contributed by atoms with van der Waals surface area (Å²) < 4.78 is 394. The zero-order valence-corrected chi connectivity index (χ0v) is 52.5. The van der Waals surface area contributed by atoms with Gasteiger partial charge >= 0.3 is 12.4 Å². The van der Waals surface area contributed by atoms with Gasteiger partial charge in [-0.05, 0) is 157 Å². The van der Waals surface area contributed by atoms with E-state index in [1.165, 1.54) is 53.1 Å². The highest BCUT2D eigenvalue weighted by Gasteiger charge is 2.33. The van der Waals surface area contributed by atoms with Crippen molar-refractivity contribution in [1.29, 1.82) is 0 Å². The van der Waals surface area contributed by atoms with E-state index in [0.29, 0.717) is 69.8 Å². The van der Waals surface area contributed by atoms with E-state index in [2.05, 4.69) is 9.97 Å². The van der Waals surface area contributed by atoms with Gasteiger partial charge in [-0.2, -0.15) is 36.3 Å². The molecule has 0 saturated carbocycles. The van der Waals surface area contributed by atoms with Gasteiger partial charge in [0.15, 0.2) is 10.3 Å². The summed E-state index contributed by atoms with van der Waals surface area (Å²) in [5.74, 6) is -7.96. The van der Waals surface area contributed by atoms with Crippen molar-refractivity contribution < 1.29 is 89.9 Å². The summed E-state index contributed by atoms with van der Waals surface area (Å²) >= 11 is 0.184. The summed E-state index contributed by atoms with van der Waals surface area (Å²) in [6.07, 6.45) is -15.5. The number of hydrogen-bond acceptors (Lipinski definition) is 10. The van der Waals surface area contributed by atoms with Crippen molar-refractivity contribution in [3.63, 3.8) is 0 Å². The largest absolute Gasteiger partial charge is 0.416 e. The van der Waals surface area contributed by atoms with Gasteiger partial charge in [-0.1, -0.05) is 155 Å². The third-order valence-corrected chi connectivity index (χ3v) is 15.6. The molecule has 0 radical (unpaired) electrons. The number of fused-ring (bicyclic) bond motifs is 2. The number of benzene rings is 6. The first-order valence-electron chi connectivity index (χ1n) is 45.0. The molecule has 2 heterocycles. The van der Waals surface area contributed by atoms with Crippen molar-refractivity contribution >= 4 is 35.3 Å². The van der Waals surface area contributed by atoms with Crippen molar-refractivity contribution in [3.8, 4) is 22.3 Å². The molecule has 2 amide bonds. The molecule has 6 aromatic carbocycles. The van der Waals surface area contributed by atoms with Crippen LogP contribution in [0.25, 0.3) is 22.3 Å². The molecule has 95 heavy (non-hydrogen) atoms. The first-order chi connectivity index (χ1) is 58.1. The zero-order chi connectivity index (χ0) is 97.3. The number of rotatable bonds is 26. The molecule has 0 fully saturated rings. The first kappa shape index (κ1) is 39.3. The molecule has 1 atom stereocenters. The number of halogens is 8. The van der Waals surface area contributed by atoms with Crippen LogP contribution in [0.15, 0.2) is 165 Å². The molecule has 10 rings (SSSR count). The summed E-state index contributed by atoms with van der Waals surface area (Å²) in [5.41, 5.74) is -16.6. The van der Waals surface area contributed by atoms with Crippen molar-refractivity contribution in [2.24, 2.45) is 5.89 Å². The number of amides is 2. The number of carbonyl (C=O) groups excluding carboxylic acids is 2. The van der Waals surface area contributed by atoms with E-state index in [-0.39, 0.29) is 32.9 Å². The molecular weight excluding hydrogens is 1270 g/mol. The molecule has 22 heteroatoms. The normalized spacial score (nSPS) is 21.7. The average Bonchev–Trinajstić information content (AvgIpc) is 1.52. The number of thioether (sulfide) groups is 2. The molecule has 0 spiro atoms. The Hall–Kier alpha value is -7.92. The molecule has 0 bridgehead atoms. The topological polar surface area (TPSA) is 117 Å². The molecular formula is C73H78F8N8O4S2. The van der Waals surface area contributed by atoms with Crippen molar-refractivity contribution in [2.45, 2.75) is 127 Å². The van der Waals surface area contributed by atoms with Crippen LogP contribution in [0.1, 0.15) is 142 Å². The van der Waals surface area contributed by atoms with Crippen LogP contribution in [0.4, 0.5) is 35.1 Å². The average molecular weight is 1380 g/mol. The third kappa shape index (κ3) is 19.2. The monoisotopic (exact) mass is 1380 g/mol. The summed E-state index contributed by atoms with van der Waals surface area (Å²) in [6, 6.07) is -2.77. The van der Waals surface area contributed by atoms with Crippen LogP contribution in [-0.4, -0.2) is 103 Å². The highest BCUT2D eigenvalue weighted by molar-refractivity contribution is 7.98. The van der Waals surface area contributed by atoms with E-state index in [9.17, 15) is 55.0 Å². The lowest BCUT2D eigenvalue weighted by Crippen LogP contribution is -2.40. The van der Waals surface area contributed by atoms with Gasteiger partial charge in [-0.15, -0.1) is 0 Å². The van der Waals surface area contributed by atoms with Crippen LogP contribution < -0.4 is 11.1 Å². The SMILES string of the molecule is [2H]C([2H])(Sc1nc(=O)c2c(n1CC(=O)N(CCN(C([2H])([2H])C)C([2H])([2H])C)C([2H])([2H])c1ccc(-c3ccc(C(F)(F)F)cc3)cc1)CCC2)c1ccc(F)cc1.[2H]c1c([2H])c(C([2H])([2H])Sc2nc(=O)c3c(n2CC(=O)N(CCN(C([2H])([2H])C)C([2H])([2H])C)C([2H])([2H])c2c([2H])c([2H])c(-c4c([2H])c([2H])c(C(F)(F)F)c([2H])c4[2H])c([2H])c2[2H])C([2H])([2H])C([2H])(C)C3([2H])[2H])c([2H])c([2H])c1F. The summed E-state index contributed by atoms with van der Waals surface area (Å²) in [7, 11) is 0. The van der Waals surface area contributed by atoms with Gasteiger partial charge in [-0.3, -0.25) is 19.2 Å². The number of nitrogens with zero attached hydrogens (tertiary/aromatic N) is 8. The predicted octanol–water partition coefficient (Wildman–Crippen LogP) is 14.7. The maximum Gasteiger partial charge on any atom is 0.416 e. The van der Waals surface area contributed by atoms with E-state index >= 15 is 4.79 Å². The Morgan fingerprint density at radius 1 is 0.537 bits per heavy atom. The summed E-state index contributed by atoms with van der Waals surface area (Å²) in [4.78, 5) is 66.3. The minimum Gasteiger partial charge on any atom is -0.336 e. The van der Waals surface area contributed by atoms with Gasteiger partial charge in [0.2, 0.25) is 11.8 Å². The molecule has 2 aliphatic carbocycles. The Kier molecular flexibility index (Phi) is 13.5.